The zero-order valence-corrected chi connectivity index (χ0v) is 11.1. The van der Waals surface area contributed by atoms with Crippen LogP contribution in [0.2, 0.25) is 0 Å². The second kappa shape index (κ2) is 6.28. The number of carbonyl (C=O) groups excluding carboxylic acids is 1. The molecule has 0 fully saturated rings. The average Bonchev–Trinajstić information content (AvgIpc) is 2.35. The molecule has 0 amide bonds. The lowest BCUT2D eigenvalue weighted by atomic mass is 9.92. The molecule has 0 aliphatic rings. The van der Waals surface area contributed by atoms with Gasteiger partial charge in [0.2, 0.25) is 0 Å². The molecule has 0 aliphatic heterocycles. The van der Waals surface area contributed by atoms with Gasteiger partial charge in [-0.1, -0.05) is 13.0 Å². The summed E-state index contributed by atoms with van der Waals surface area (Å²) in [6.45, 7) is 2.09. The van der Waals surface area contributed by atoms with E-state index in [1.807, 2.05) is 25.1 Å². The summed E-state index contributed by atoms with van der Waals surface area (Å²) in [7, 11) is 5.67. The Morgan fingerprint density at radius 3 is 2.59 bits per heavy atom. The highest BCUT2D eigenvalue weighted by atomic mass is 16.5. The van der Waals surface area contributed by atoms with Gasteiger partial charge in [-0.15, -0.1) is 0 Å². The van der Waals surface area contributed by atoms with Crippen LogP contribution in [-0.4, -0.2) is 27.5 Å². The molecule has 1 aromatic carbocycles. The van der Waals surface area contributed by atoms with Crippen LogP contribution >= 0.6 is 0 Å². The molecule has 0 aliphatic carbocycles. The molecule has 17 heavy (non-hydrogen) atoms. The molecular formula is C14H21NO2. The van der Waals surface area contributed by atoms with Crippen molar-refractivity contribution in [2.45, 2.75) is 25.7 Å². The first-order valence-electron chi connectivity index (χ1n) is 5.92. The fourth-order valence-electron chi connectivity index (χ4n) is 1.94. The number of nitrogens with zero attached hydrogens (tertiary/aromatic N) is 1. The smallest absolute Gasteiger partial charge is 0.124 e. The zero-order valence-electron chi connectivity index (χ0n) is 11.1. The highest BCUT2D eigenvalue weighted by Gasteiger charge is 2.14. The van der Waals surface area contributed by atoms with Crippen molar-refractivity contribution in [1.82, 2.24) is 0 Å². The fourth-order valence-corrected chi connectivity index (χ4v) is 1.94. The molecular weight excluding hydrogens is 214 g/mol. The maximum Gasteiger partial charge on any atom is 0.124 e. The van der Waals surface area contributed by atoms with Crippen molar-refractivity contribution in [3.63, 3.8) is 0 Å². The predicted molar refractivity (Wildman–Crippen MR) is 71.0 cm³/mol. The summed E-state index contributed by atoms with van der Waals surface area (Å²) in [5.41, 5.74) is 2.22. The Morgan fingerprint density at radius 1 is 1.41 bits per heavy atom. The number of hydrogen-bond donors (Lipinski definition) is 0. The van der Waals surface area contributed by atoms with Gasteiger partial charge < -0.3 is 14.4 Å². The zero-order chi connectivity index (χ0) is 12.8. The van der Waals surface area contributed by atoms with E-state index < -0.39 is 0 Å². The summed E-state index contributed by atoms with van der Waals surface area (Å²) >= 11 is 0. The van der Waals surface area contributed by atoms with E-state index >= 15 is 0 Å². The Kier molecular flexibility index (Phi) is 5.01. The highest BCUT2D eigenvalue weighted by Crippen LogP contribution is 2.33. The summed E-state index contributed by atoms with van der Waals surface area (Å²) in [5.74, 6) is 1.11. The van der Waals surface area contributed by atoms with Crippen LogP contribution in [0.3, 0.4) is 0 Å². The van der Waals surface area contributed by atoms with E-state index in [0.717, 1.165) is 29.7 Å². The molecule has 0 unspecified atom stereocenters. The summed E-state index contributed by atoms with van der Waals surface area (Å²) in [4.78, 5) is 12.7. The first kappa shape index (κ1) is 13.6. The highest BCUT2D eigenvalue weighted by molar-refractivity contribution is 5.57. The van der Waals surface area contributed by atoms with E-state index in [1.165, 1.54) is 0 Å². The lowest BCUT2D eigenvalue weighted by molar-refractivity contribution is -0.108. The van der Waals surface area contributed by atoms with Crippen LogP contribution in [0, 0.1) is 0 Å². The molecule has 1 aromatic rings. The van der Waals surface area contributed by atoms with Gasteiger partial charge in [-0.25, -0.2) is 0 Å². The molecule has 0 spiro atoms. The first-order valence-corrected chi connectivity index (χ1v) is 5.92. The van der Waals surface area contributed by atoms with Crippen LogP contribution in [0.25, 0.3) is 0 Å². The molecule has 0 saturated heterocycles. The van der Waals surface area contributed by atoms with Gasteiger partial charge in [0, 0.05) is 32.3 Å². The van der Waals surface area contributed by atoms with Crippen LogP contribution in [-0.2, 0) is 4.79 Å². The van der Waals surface area contributed by atoms with E-state index in [1.54, 1.807) is 7.11 Å². The molecule has 0 aromatic heterocycles. The van der Waals surface area contributed by atoms with Crippen LogP contribution in [0.1, 0.15) is 31.2 Å². The Balaban J connectivity index is 3.10. The first-order chi connectivity index (χ1) is 8.13. The number of rotatable bonds is 6. The lowest BCUT2D eigenvalue weighted by Crippen LogP contribution is -2.09. The van der Waals surface area contributed by atoms with E-state index in [4.69, 9.17) is 4.74 Å². The Morgan fingerprint density at radius 2 is 2.12 bits per heavy atom. The van der Waals surface area contributed by atoms with Crippen molar-refractivity contribution in [1.29, 1.82) is 0 Å². The van der Waals surface area contributed by atoms with Crippen molar-refractivity contribution in [3.8, 4) is 5.75 Å². The van der Waals surface area contributed by atoms with Gasteiger partial charge >= 0.3 is 0 Å². The van der Waals surface area contributed by atoms with Crippen LogP contribution < -0.4 is 9.64 Å². The maximum absolute atomic E-state index is 10.7. The topological polar surface area (TPSA) is 29.5 Å². The number of benzene rings is 1. The molecule has 0 radical (unpaired) electrons. The largest absolute Gasteiger partial charge is 0.496 e. The molecule has 3 heteroatoms. The minimum Gasteiger partial charge on any atom is -0.496 e. The second-order valence-corrected chi connectivity index (χ2v) is 4.33. The predicted octanol–water partition coefficient (Wildman–Crippen LogP) is 2.84. The van der Waals surface area contributed by atoms with Gasteiger partial charge in [-0.05, 0) is 24.0 Å². The Labute approximate surface area is 103 Å². The van der Waals surface area contributed by atoms with Crippen molar-refractivity contribution in [2.24, 2.45) is 0 Å². The van der Waals surface area contributed by atoms with Gasteiger partial charge in [0.15, 0.2) is 0 Å². The fraction of sp³-hybridized carbons (Fsp3) is 0.500. The Bertz CT molecular complexity index is 374. The third-order valence-electron chi connectivity index (χ3n) is 3.05. The summed E-state index contributed by atoms with van der Waals surface area (Å²) in [5, 5.41) is 0. The van der Waals surface area contributed by atoms with E-state index in [2.05, 4.69) is 19.1 Å². The van der Waals surface area contributed by atoms with Gasteiger partial charge in [0.25, 0.3) is 0 Å². The van der Waals surface area contributed by atoms with Crippen molar-refractivity contribution in [3.05, 3.63) is 23.8 Å². The molecule has 0 N–H and O–H groups in total. The third kappa shape index (κ3) is 3.22. The number of anilines is 1. The summed E-state index contributed by atoms with van der Waals surface area (Å²) < 4.78 is 5.42. The van der Waals surface area contributed by atoms with Gasteiger partial charge in [0.05, 0.1) is 7.11 Å². The van der Waals surface area contributed by atoms with Crippen molar-refractivity contribution < 1.29 is 9.53 Å². The van der Waals surface area contributed by atoms with E-state index in [0.29, 0.717) is 6.42 Å². The SMILES string of the molecule is CC[C@H](CC=O)c1ccc(N(C)C)cc1OC. The number of ether oxygens (including phenoxy) is 1. The standard InChI is InChI=1S/C14H21NO2/c1-5-11(8-9-16)13-7-6-12(15(2)3)10-14(13)17-4/h6-7,9-11H,5,8H2,1-4H3/t11-/m1/s1. The molecule has 0 saturated carbocycles. The van der Waals surface area contributed by atoms with Gasteiger partial charge in [-0.2, -0.15) is 0 Å². The minimum atomic E-state index is 0.249. The quantitative estimate of drug-likeness (QED) is 0.710. The minimum absolute atomic E-state index is 0.249. The molecule has 94 valence electrons. The molecule has 0 heterocycles. The summed E-state index contributed by atoms with van der Waals surface area (Å²) in [6, 6.07) is 6.14. The average molecular weight is 235 g/mol. The van der Waals surface area contributed by atoms with E-state index in [-0.39, 0.29) is 5.92 Å². The number of hydrogen-bond acceptors (Lipinski definition) is 3. The van der Waals surface area contributed by atoms with Crippen LogP contribution in [0.5, 0.6) is 5.75 Å². The van der Waals surface area contributed by atoms with Crippen LogP contribution in [0.4, 0.5) is 5.69 Å². The summed E-state index contributed by atoms with van der Waals surface area (Å²) in [6.07, 6.45) is 2.47. The third-order valence-corrected chi connectivity index (χ3v) is 3.05. The van der Waals surface area contributed by atoms with Crippen LogP contribution in [0.15, 0.2) is 18.2 Å². The Hall–Kier alpha value is -1.51. The maximum atomic E-state index is 10.7. The molecule has 1 atom stereocenters. The number of aldehydes is 1. The van der Waals surface area contributed by atoms with Crippen molar-refractivity contribution >= 4 is 12.0 Å². The molecule has 0 bridgehead atoms. The molecule has 1 rings (SSSR count). The van der Waals surface area contributed by atoms with Gasteiger partial charge in [-0.3, -0.25) is 0 Å². The monoisotopic (exact) mass is 235 g/mol. The van der Waals surface area contributed by atoms with Gasteiger partial charge in [0.1, 0.15) is 12.0 Å². The normalized spacial score (nSPS) is 12.0. The van der Waals surface area contributed by atoms with E-state index in [9.17, 15) is 4.79 Å². The molecule has 3 nitrogen and oxygen atoms in total. The number of methoxy groups -OCH3 is 1. The number of carbonyl (C=O) groups is 1. The second-order valence-electron chi connectivity index (χ2n) is 4.33. The lowest BCUT2D eigenvalue weighted by Gasteiger charge is -2.19. The van der Waals surface area contributed by atoms with Crippen molar-refractivity contribution in [2.75, 3.05) is 26.1 Å².